The molecule has 0 aliphatic rings. The van der Waals surface area contributed by atoms with Gasteiger partial charge in [0.05, 0.1) is 18.4 Å². The molecule has 1 amide bonds. The van der Waals surface area contributed by atoms with Gasteiger partial charge in [0.25, 0.3) is 0 Å². The number of aromatic nitrogens is 1. The zero-order chi connectivity index (χ0) is 12.7. The van der Waals surface area contributed by atoms with Crippen LogP contribution in [0.15, 0.2) is 18.3 Å². The SMILES string of the molecule is CCCCN(CC(N)=O)c1ccc(C#N)nc1. The number of amides is 1. The van der Waals surface area contributed by atoms with Crippen LogP contribution >= 0.6 is 0 Å². The molecule has 17 heavy (non-hydrogen) atoms. The van der Waals surface area contributed by atoms with Crippen molar-refractivity contribution in [2.45, 2.75) is 19.8 Å². The maximum Gasteiger partial charge on any atom is 0.236 e. The lowest BCUT2D eigenvalue weighted by Crippen LogP contribution is -2.34. The lowest BCUT2D eigenvalue weighted by atomic mass is 10.2. The Labute approximate surface area is 101 Å². The first-order chi connectivity index (χ1) is 8.17. The van der Waals surface area contributed by atoms with Gasteiger partial charge in [-0.05, 0) is 18.6 Å². The van der Waals surface area contributed by atoms with Crippen molar-refractivity contribution in [1.82, 2.24) is 4.98 Å². The van der Waals surface area contributed by atoms with Gasteiger partial charge in [0.1, 0.15) is 11.8 Å². The van der Waals surface area contributed by atoms with Crippen molar-refractivity contribution in [3.8, 4) is 6.07 Å². The highest BCUT2D eigenvalue weighted by molar-refractivity contribution is 5.79. The third kappa shape index (κ3) is 4.11. The molecular weight excluding hydrogens is 216 g/mol. The molecule has 0 fully saturated rings. The molecule has 90 valence electrons. The highest BCUT2D eigenvalue weighted by Gasteiger charge is 2.09. The van der Waals surface area contributed by atoms with E-state index in [0.717, 1.165) is 25.1 Å². The second-order valence-electron chi connectivity index (χ2n) is 3.75. The van der Waals surface area contributed by atoms with E-state index in [-0.39, 0.29) is 12.5 Å². The van der Waals surface area contributed by atoms with E-state index in [9.17, 15) is 4.79 Å². The summed E-state index contributed by atoms with van der Waals surface area (Å²) in [6.45, 7) is 3.01. The minimum absolute atomic E-state index is 0.174. The molecule has 2 N–H and O–H groups in total. The maximum atomic E-state index is 11.0. The summed E-state index contributed by atoms with van der Waals surface area (Å²) in [6.07, 6.45) is 3.61. The molecule has 1 aromatic heterocycles. The molecule has 0 aromatic carbocycles. The zero-order valence-electron chi connectivity index (χ0n) is 9.89. The molecule has 0 bridgehead atoms. The third-order valence-electron chi connectivity index (χ3n) is 2.36. The Morgan fingerprint density at radius 1 is 1.59 bits per heavy atom. The first-order valence-corrected chi connectivity index (χ1v) is 5.56. The fraction of sp³-hybridized carbons (Fsp3) is 0.417. The molecular formula is C12H16N4O. The molecule has 0 radical (unpaired) electrons. The molecule has 5 heteroatoms. The summed E-state index contributed by atoms with van der Waals surface area (Å²) in [5.74, 6) is -0.370. The highest BCUT2D eigenvalue weighted by atomic mass is 16.1. The number of nitrogens with zero attached hydrogens (tertiary/aromatic N) is 3. The molecule has 1 heterocycles. The van der Waals surface area contributed by atoms with Gasteiger partial charge >= 0.3 is 0 Å². The highest BCUT2D eigenvalue weighted by Crippen LogP contribution is 2.13. The summed E-state index contributed by atoms with van der Waals surface area (Å²) in [6, 6.07) is 5.37. The molecule has 0 aliphatic carbocycles. The number of rotatable bonds is 6. The van der Waals surface area contributed by atoms with Crippen molar-refractivity contribution >= 4 is 11.6 Å². The van der Waals surface area contributed by atoms with Gasteiger partial charge in [0.15, 0.2) is 0 Å². The summed E-state index contributed by atoms with van der Waals surface area (Å²) >= 11 is 0. The van der Waals surface area contributed by atoms with Gasteiger partial charge in [-0.15, -0.1) is 0 Å². The number of anilines is 1. The zero-order valence-corrected chi connectivity index (χ0v) is 9.89. The Bertz CT molecular complexity index is 408. The Kier molecular flexibility index (Phi) is 4.95. The predicted octanol–water partition coefficient (Wildman–Crippen LogP) is 1.05. The van der Waals surface area contributed by atoms with E-state index in [1.54, 1.807) is 18.3 Å². The van der Waals surface area contributed by atoms with Crippen molar-refractivity contribution in [2.24, 2.45) is 5.73 Å². The first kappa shape index (κ1) is 13.0. The molecule has 0 saturated carbocycles. The molecule has 1 aromatic rings. The van der Waals surface area contributed by atoms with Gasteiger partial charge in [0, 0.05) is 6.54 Å². The lowest BCUT2D eigenvalue weighted by molar-refractivity contribution is -0.116. The number of hydrogen-bond acceptors (Lipinski definition) is 4. The fourth-order valence-electron chi connectivity index (χ4n) is 1.48. The number of unbranched alkanes of at least 4 members (excludes halogenated alkanes) is 1. The Balaban J connectivity index is 2.80. The van der Waals surface area contributed by atoms with Crippen molar-refractivity contribution in [3.05, 3.63) is 24.0 Å². The number of carbonyl (C=O) groups is 1. The van der Waals surface area contributed by atoms with Crippen LogP contribution in [-0.4, -0.2) is 24.0 Å². The van der Waals surface area contributed by atoms with E-state index in [1.807, 2.05) is 11.0 Å². The van der Waals surface area contributed by atoms with E-state index >= 15 is 0 Å². The molecule has 0 saturated heterocycles. The second-order valence-corrected chi connectivity index (χ2v) is 3.75. The van der Waals surface area contributed by atoms with Crippen LogP contribution in [0.3, 0.4) is 0 Å². The summed E-state index contributed by atoms with van der Waals surface area (Å²) in [4.78, 5) is 16.8. The molecule has 0 atom stereocenters. The average molecular weight is 232 g/mol. The summed E-state index contributed by atoms with van der Waals surface area (Å²) in [7, 11) is 0. The van der Waals surface area contributed by atoms with E-state index in [0.29, 0.717) is 5.69 Å². The standard InChI is InChI=1S/C12H16N4O/c1-2-3-6-16(9-12(14)17)11-5-4-10(7-13)15-8-11/h4-5,8H,2-3,6,9H2,1H3,(H2,14,17). The number of pyridine rings is 1. The number of carbonyl (C=O) groups excluding carboxylic acids is 1. The monoisotopic (exact) mass is 232 g/mol. The normalized spacial score (nSPS) is 9.65. The van der Waals surface area contributed by atoms with Gasteiger partial charge in [-0.25, -0.2) is 4.98 Å². The van der Waals surface area contributed by atoms with Crippen molar-refractivity contribution in [2.75, 3.05) is 18.0 Å². The van der Waals surface area contributed by atoms with Crippen molar-refractivity contribution in [1.29, 1.82) is 5.26 Å². The number of nitriles is 1. The molecule has 5 nitrogen and oxygen atoms in total. The van der Waals surface area contributed by atoms with E-state index in [1.165, 1.54) is 0 Å². The van der Waals surface area contributed by atoms with Crippen LogP contribution < -0.4 is 10.6 Å². The van der Waals surface area contributed by atoms with Crippen molar-refractivity contribution in [3.63, 3.8) is 0 Å². The van der Waals surface area contributed by atoms with E-state index in [4.69, 9.17) is 11.0 Å². The predicted molar refractivity (Wildman–Crippen MR) is 65.3 cm³/mol. The van der Waals surface area contributed by atoms with E-state index in [2.05, 4.69) is 11.9 Å². The second kappa shape index (κ2) is 6.48. The topological polar surface area (TPSA) is 83.0 Å². The first-order valence-electron chi connectivity index (χ1n) is 5.56. The largest absolute Gasteiger partial charge is 0.368 e. The van der Waals surface area contributed by atoms with Crippen LogP contribution in [0, 0.1) is 11.3 Å². The summed E-state index contributed by atoms with van der Waals surface area (Å²) < 4.78 is 0. The number of primary amides is 1. The van der Waals surface area contributed by atoms with Crippen LogP contribution in [0.2, 0.25) is 0 Å². The maximum absolute atomic E-state index is 11.0. The summed E-state index contributed by atoms with van der Waals surface area (Å²) in [5.41, 5.74) is 6.39. The van der Waals surface area contributed by atoms with Gasteiger partial charge in [-0.2, -0.15) is 5.26 Å². The van der Waals surface area contributed by atoms with Crippen LogP contribution in [0.5, 0.6) is 0 Å². The van der Waals surface area contributed by atoms with Gasteiger partial charge in [-0.3, -0.25) is 4.79 Å². The minimum atomic E-state index is -0.370. The molecule has 0 aliphatic heterocycles. The van der Waals surface area contributed by atoms with Crippen molar-refractivity contribution < 1.29 is 4.79 Å². The smallest absolute Gasteiger partial charge is 0.236 e. The minimum Gasteiger partial charge on any atom is -0.368 e. The van der Waals surface area contributed by atoms with Crippen LogP contribution in [0.25, 0.3) is 0 Å². The van der Waals surface area contributed by atoms with Crippen LogP contribution in [0.1, 0.15) is 25.5 Å². The third-order valence-corrected chi connectivity index (χ3v) is 2.36. The van der Waals surface area contributed by atoms with Gasteiger partial charge in [-0.1, -0.05) is 13.3 Å². The molecule has 1 rings (SSSR count). The Hall–Kier alpha value is -2.09. The lowest BCUT2D eigenvalue weighted by Gasteiger charge is -2.22. The van der Waals surface area contributed by atoms with Crippen LogP contribution in [-0.2, 0) is 4.79 Å². The average Bonchev–Trinajstić information content (AvgIpc) is 2.34. The van der Waals surface area contributed by atoms with Crippen LogP contribution in [0.4, 0.5) is 5.69 Å². The molecule has 0 spiro atoms. The summed E-state index contributed by atoms with van der Waals surface area (Å²) in [5, 5.41) is 8.65. The fourth-order valence-corrected chi connectivity index (χ4v) is 1.48. The Morgan fingerprint density at radius 2 is 2.35 bits per heavy atom. The number of nitrogens with two attached hydrogens (primary N) is 1. The van der Waals surface area contributed by atoms with E-state index < -0.39 is 0 Å². The quantitative estimate of drug-likeness (QED) is 0.794. The van der Waals surface area contributed by atoms with Gasteiger partial charge < -0.3 is 10.6 Å². The van der Waals surface area contributed by atoms with Gasteiger partial charge in [0.2, 0.25) is 5.91 Å². The Morgan fingerprint density at radius 3 is 2.82 bits per heavy atom. The molecule has 0 unspecified atom stereocenters. The number of hydrogen-bond donors (Lipinski definition) is 1.